The first-order valence-corrected chi connectivity index (χ1v) is 11.8. The number of nitrogens with one attached hydrogen (secondary N) is 2. The average molecular weight is 512 g/mol. The Hall–Kier alpha value is -4.21. The van der Waals surface area contributed by atoms with Gasteiger partial charge in [0.25, 0.3) is 5.91 Å². The molecule has 1 aliphatic rings. The highest BCUT2D eigenvalue weighted by molar-refractivity contribution is 6.02. The van der Waals surface area contributed by atoms with Crippen LogP contribution in [0.4, 0.5) is 25.1 Å². The molecule has 2 heterocycles. The van der Waals surface area contributed by atoms with Crippen LogP contribution in [0.5, 0.6) is 0 Å². The minimum absolute atomic E-state index is 0.0317. The van der Waals surface area contributed by atoms with Crippen molar-refractivity contribution in [2.75, 3.05) is 4.90 Å². The Morgan fingerprint density at radius 3 is 2.30 bits per heavy atom. The normalized spacial score (nSPS) is 11.9. The van der Waals surface area contributed by atoms with Crippen molar-refractivity contribution in [3.8, 4) is 11.3 Å². The molecule has 37 heavy (non-hydrogen) atoms. The number of aromatic nitrogens is 2. The van der Waals surface area contributed by atoms with Crippen LogP contribution in [0.25, 0.3) is 11.3 Å². The van der Waals surface area contributed by atoms with Gasteiger partial charge in [0.15, 0.2) is 5.82 Å². The monoisotopic (exact) mass is 511 g/mol. The highest BCUT2D eigenvalue weighted by Crippen LogP contribution is 2.38. The number of carbonyl (C=O) groups excluding carboxylic acids is 3. The molecule has 0 saturated carbocycles. The van der Waals surface area contributed by atoms with Crippen LogP contribution in [0.1, 0.15) is 55.0 Å². The highest BCUT2D eigenvalue weighted by Gasteiger charge is 2.33. The Morgan fingerprint density at radius 1 is 1.08 bits per heavy atom. The van der Waals surface area contributed by atoms with Gasteiger partial charge in [0.05, 0.1) is 12.2 Å². The van der Waals surface area contributed by atoms with Crippen LogP contribution in [0.3, 0.4) is 0 Å². The number of para-hydroxylation sites is 1. The van der Waals surface area contributed by atoms with Gasteiger partial charge < -0.3 is 15.4 Å². The molecule has 3 amide bonds. The lowest BCUT2D eigenvalue weighted by Crippen LogP contribution is -2.43. The van der Waals surface area contributed by atoms with E-state index in [1.54, 1.807) is 19.1 Å². The zero-order chi connectivity index (χ0) is 27.9. The van der Waals surface area contributed by atoms with Gasteiger partial charge >= 0.3 is 6.03 Å². The van der Waals surface area contributed by atoms with E-state index in [0.29, 0.717) is 28.2 Å². The summed E-state index contributed by atoms with van der Waals surface area (Å²) in [6.07, 6.45) is 0. The summed E-state index contributed by atoms with van der Waals surface area (Å²) in [6.45, 7) is 13.3. The van der Waals surface area contributed by atoms with Crippen molar-refractivity contribution in [1.82, 2.24) is 20.6 Å². The van der Waals surface area contributed by atoms with Crippen LogP contribution in [0.2, 0.25) is 0 Å². The van der Waals surface area contributed by atoms with E-state index in [4.69, 9.17) is 4.79 Å². The molecule has 1 aromatic heterocycles. The molecule has 0 spiro atoms. The summed E-state index contributed by atoms with van der Waals surface area (Å²) in [4.78, 5) is 43.1. The van der Waals surface area contributed by atoms with E-state index < -0.39 is 23.4 Å². The number of carbonyl (C=O) groups is 3. The van der Waals surface area contributed by atoms with Crippen molar-refractivity contribution in [2.24, 2.45) is 0 Å². The van der Waals surface area contributed by atoms with Crippen LogP contribution in [-0.4, -0.2) is 34.7 Å². The summed E-state index contributed by atoms with van der Waals surface area (Å²) in [5.41, 5.74) is 2.42. The summed E-state index contributed by atoms with van der Waals surface area (Å²) in [5.74, 6) is -1.59. The molecular weight excluding hydrogens is 480 g/mol. The summed E-state index contributed by atoms with van der Waals surface area (Å²) in [6, 6.07) is 7.91. The predicted octanol–water partition coefficient (Wildman–Crippen LogP) is 5.38. The minimum Gasteiger partial charge on any atom is -0.350 e. The van der Waals surface area contributed by atoms with Crippen molar-refractivity contribution in [3.63, 3.8) is 0 Å². The number of nitrogens with zero attached hydrogens (tertiary/aromatic N) is 3. The van der Waals surface area contributed by atoms with Gasteiger partial charge in [-0.2, -0.15) is 0 Å². The van der Waals surface area contributed by atoms with Gasteiger partial charge in [0, 0.05) is 22.7 Å². The Morgan fingerprint density at radius 2 is 1.70 bits per heavy atom. The Bertz CT molecular complexity index is 1280. The largest absolute Gasteiger partial charge is 0.350 e. The third-order valence-corrected chi connectivity index (χ3v) is 5.26. The van der Waals surface area contributed by atoms with Gasteiger partial charge in [-0.15, -0.1) is 0 Å². The predicted molar refractivity (Wildman–Crippen MR) is 139 cm³/mol. The maximum Gasteiger partial charge on any atom is 0.328 e. The van der Waals surface area contributed by atoms with Gasteiger partial charge in [0.1, 0.15) is 29.9 Å². The van der Waals surface area contributed by atoms with Crippen LogP contribution in [0.15, 0.2) is 36.4 Å². The van der Waals surface area contributed by atoms with Crippen molar-refractivity contribution in [2.45, 2.75) is 54.1 Å². The number of aryl methyl sites for hydroxylation is 2. The molecule has 3 aromatic rings. The molecule has 196 valence electrons. The highest BCUT2D eigenvalue weighted by atomic mass is 19.1. The number of halogens is 2. The van der Waals surface area contributed by atoms with Crippen molar-refractivity contribution in [1.29, 1.82) is 0 Å². The maximum absolute atomic E-state index is 14.6. The lowest BCUT2D eigenvalue weighted by molar-refractivity contribution is -0.0980. The average Bonchev–Trinajstić information content (AvgIpc) is 2.87. The minimum atomic E-state index is -0.889. The zero-order valence-electron chi connectivity index (χ0n) is 21.8. The molecule has 10 heteroatoms. The fourth-order valence-corrected chi connectivity index (χ4v) is 3.76. The number of fused-ring (bicyclic) bond motifs is 1. The second-order valence-electron chi connectivity index (χ2n) is 8.14. The first-order valence-electron chi connectivity index (χ1n) is 11.8. The summed E-state index contributed by atoms with van der Waals surface area (Å²) in [5, 5.41) is 5.51. The molecule has 0 saturated heterocycles. The standard InChI is InChI=1S/C24H23F2N5O2.C2H6.CH2O/c1-12(2)28-23(32)15-9-8-13(3)16(10-15)20-17-11-27-24(33)31(22(17)30-14(4)29-20)21-18(25)6-5-7-19(21)26;2*1-2/h5-10,12H,11H2,1-4H3,(H,27,33)(H,28,32);1-2H3;1H2. The van der Waals surface area contributed by atoms with Crippen LogP contribution < -0.4 is 15.5 Å². The molecule has 0 unspecified atom stereocenters. The first kappa shape index (κ1) is 29.0. The molecule has 0 atom stereocenters. The Kier molecular flexibility index (Phi) is 9.93. The quantitative estimate of drug-likeness (QED) is 0.490. The molecule has 2 aromatic carbocycles. The van der Waals surface area contributed by atoms with Crippen LogP contribution >= 0.6 is 0 Å². The number of hydrogen-bond acceptors (Lipinski definition) is 5. The fourth-order valence-electron chi connectivity index (χ4n) is 3.76. The first-order chi connectivity index (χ1) is 17.7. The third kappa shape index (κ3) is 6.14. The van der Waals surface area contributed by atoms with E-state index in [1.807, 2.05) is 47.5 Å². The second kappa shape index (κ2) is 12.7. The van der Waals surface area contributed by atoms with E-state index in [2.05, 4.69) is 20.6 Å². The number of amides is 3. The van der Waals surface area contributed by atoms with E-state index in [1.165, 1.54) is 6.07 Å². The van der Waals surface area contributed by atoms with Gasteiger partial charge in [-0.05, 0) is 57.5 Å². The Labute approximate surface area is 215 Å². The van der Waals surface area contributed by atoms with Crippen LogP contribution in [0, 0.1) is 25.5 Å². The molecule has 4 rings (SSSR count). The number of urea groups is 1. The molecule has 0 aliphatic carbocycles. The van der Waals surface area contributed by atoms with E-state index in [0.717, 1.165) is 22.6 Å². The van der Waals surface area contributed by atoms with Crippen LogP contribution in [-0.2, 0) is 11.3 Å². The van der Waals surface area contributed by atoms with Gasteiger partial charge in [-0.1, -0.05) is 26.0 Å². The van der Waals surface area contributed by atoms with E-state index in [-0.39, 0.29) is 24.3 Å². The SMILES string of the molecule is C=O.CC.Cc1nc(-c2cc(C(=O)NC(C)C)ccc2C)c2c(n1)N(c1c(F)cccc1F)C(=O)NC2. The fraction of sp³-hybridized carbons (Fsp3) is 0.296. The smallest absolute Gasteiger partial charge is 0.328 e. The molecule has 8 nitrogen and oxygen atoms in total. The lowest BCUT2D eigenvalue weighted by atomic mass is 9.97. The molecule has 0 fully saturated rings. The number of rotatable bonds is 4. The molecular formula is C27H31F2N5O3. The summed E-state index contributed by atoms with van der Waals surface area (Å²) < 4.78 is 29.2. The third-order valence-electron chi connectivity index (χ3n) is 5.26. The maximum atomic E-state index is 14.6. The van der Waals surface area contributed by atoms with E-state index >= 15 is 0 Å². The Balaban J connectivity index is 0.00000115. The molecule has 0 bridgehead atoms. The van der Waals surface area contributed by atoms with Gasteiger partial charge in [0.2, 0.25) is 0 Å². The molecule has 2 N–H and O–H groups in total. The summed E-state index contributed by atoms with van der Waals surface area (Å²) >= 11 is 0. The number of anilines is 2. The van der Waals surface area contributed by atoms with Crippen molar-refractivity contribution < 1.29 is 23.2 Å². The van der Waals surface area contributed by atoms with Gasteiger partial charge in [-0.3, -0.25) is 4.79 Å². The number of hydrogen-bond donors (Lipinski definition) is 2. The zero-order valence-corrected chi connectivity index (χ0v) is 21.8. The topological polar surface area (TPSA) is 104 Å². The summed E-state index contributed by atoms with van der Waals surface area (Å²) in [7, 11) is 0. The van der Waals surface area contributed by atoms with Crippen molar-refractivity contribution in [3.05, 3.63) is 70.5 Å². The molecule has 0 radical (unpaired) electrons. The number of benzene rings is 2. The van der Waals surface area contributed by atoms with Gasteiger partial charge in [-0.25, -0.2) is 28.4 Å². The van der Waals surface area contributed by atoms with E-state index in [9.17, 15) is 18.4 Å². The second-order valence-corrected chi connectivity index (χ2v) is 8.14. The molecule has 1 aliphatic heterocycles. The lowest BCUT2D eigenvalue weighted by Gasteiger charge is -2.30. The van der Waals surface area contributed by atoms with Crippen molar-refractivity contribution >= 4 is 30.2 Å².